The van der Waals surface area contributed by atoms with Crippen molar-refractivity contribution in [2.45, 2.75) is 33.0 Å². The molecule has 19 heavy (non-hydrogen) atoms. The van der Waals surface area contributed by atoms with Gasteiger partial charge in [-0.2, -0.15) is 0 Å². The number of methoxy groups -OCH3 is 1. The second-order valence-corrected chi connectivity index (χ2v) is 4.64. The van der Waals surface area contributed by atoms with Gasteiger partial charge in [-0.15, -0.1) is 5.10 Å². The summed E-state index contributed by atoms with van der Waals surface area (Å²) in [6.07, 6.45) is 0. The van der Waals surface area contributed by atoms with Crippen molar-refractivity contribution in [1.82, 2.24) is 25.5 Å². The predicted molar refractivity (Wildman–Crippen MR) is 71.9 cm³/mol. The van der Waals surface area contributed by atoms with E-state index >= 15 is 0 Å². The van der Waals surface area contributed by atoms with Gasteiger partial charge in [0.2, 0.25) is 0 Å². The maximum Gasteiger partial charge on any atom is 0.165 e. The molecule has 0 saturated heterocycles. The van der Waals surface area contributed by atoms with Gasteiger partial charge in [0.05, 0.1) is 20.2 Å². The van der Waals surface area contributed by atoms with Gasteiger partial charge in [0.15, 0.2) is 5.82 Å². The molecular formula is C13H19N5O. The Kier molecular flexibility index (Phi) is 4.46. The molecule has 102 valence electrons. The van der Waals surface area contributed by atoms with Crippen molar-refractivity contribution in [3.63, 3.8) is 0 Å². The van der Waals surface area contributed by atoms with Crippen LogP contribution in [0.5, 0.6) is 5.75 Å². The molecule has 0 fully saturated rings. The van der Waals surface area contributed by atoms with Crippen LogP contribution in [-0.4, -0.2) is 33.4 Å². The summed E-state index contributed by atoms with van der Waals surface area (Å²) in [5, 5.41) is 15.1. The average molecular weight is 261 g/mol. The quantitative estimate of drug-likeness (QED) is 0.847. The third-order valence-corrected chi connectivity index (χ3v) is 2.74. The van der Waals surface area contributed by atoms with Gasteiger partial charge in [0.1, 0.15) is 5.75 Å². The van der Waals surface area contributed by atoms with Crippen LogP contribution < -0.4 is 10.1 Å². The van der Waals surface area contributed by atoms with E-state index in [4.69, 9.17) is 4.74 Å². The molecule has 6 heteroatoms. The monoisotopic (exact) mass is 261 g/mol. The Morgan fingerprint density at radius 2 is 2.21 bits per heavy atom. The van der Waals surface area contributed by atoms with E-state index in [1.807, 2.05) is 24.3 Å². The molecule has 0 saturated carbocycles. The van der Waals surface area contributed by atoms with Crippen LogP contribution in [0.4, 0.5) is 0 Å². The third-order valence-electron chi connectivity index (χ3n) is 2.74. The summed E-state index contributed by atoms with van der Waals surface area (Å²) in [6, 6.07) is 8.31. The lowest BCUT2D eigenvalue weighted by atomic mass is 10.2. The minimum Gasteiger partial charge on any atom is -0.497 e. The van der Waals surface area contributed by atoms with E-state index in [0.29, 0.717) is 19.1 Å². The molecule has 0 atom stereocenters. The molecule has 1 heterocycles. The lowest BCUT2D eigenvalue weighted by molar-refractivity contribution is 0.414. The number of ether oxygens (including phenoxy) is 1. The minimum absolute atomic E-state index is 0.405. The van der Waals surface area contributed by atoms with Crippen LogP contribution in [-0.2, 0) is 13.1 Å². The zero-order valence-corrected chi connectivity index (χ0v) is 11.5. The third kappa shape index (κ3) is 3.75. The maximum absolute atomic E-state index is 5.21. The van der Waals surface area contributed by atoms with Gasteiger partial charge in [-0.3, -0.25) is 0 Å². The highest BCUT2D eigenvalue weighted by atomic mass is 16.5. The van der Waals surface area contributed by atoms with Gasteiger partial charge < -0.3 is 10.1 Å². The fourth-order valence-corrected chi connectivity index (χ4v) is 1.71. The van der Waals surface area contributed by atoms with E-state index in [1.165, 1.54) is 0 Å². The van der Waals surface area contributed by atoms with E-state index in [9.17, 15) is 0 Å². The molecule has 0 radical (unpaired) electrons. The van der Waals surface area contributed by atoms with Crippen LogP contribution in [0, 0.1) is 0 Å². The molecule has 1 N–H and O–H groups in total. The van der Waals surface area contributed by atoms with Crippen LogP contribution in [0.3, 0.4) is 0 Å². The first kappa shape index (κ1) is 13.5. The number of hydrogen-bond donors (Lipinski definition) is 1. The largest absolute Gasteiger partial charge is 0.497 e. The molecule has 2 rings (SSSR count). The smallest absolute Gasteiger partial charge is 0.165 e. The number of nitrogens with zero attached hydrogens (tertiary/aromatic N) is 4. The summed E-state index contributed by atoms with van der Waals surface area (Å²) < 4.78 is 7.01. The molecule has 0 bridgehead atoms. The summed E-state index contributed by atoms with van der Waals surface area (Å²) in [7, 11) is 1.66. The molecule has 0 aliphatic rings. The topological polar surface area (TPSA) is 64.9 Å². The second kappa shape index (κ2) is 6.29. The van der Waals surface area contributed by atoms with Crippen molar-refractivity contribution in [3.8, 4) is 5.75 Å². The van der Waals surface area contributed by atoms with Crippen molar-refractivity contribution in [1.29, 1.82) is 0 Å². The van der Waals surface area contributed by atoms with Crippen LogP contribution in [0.25, 0.3) is 0 Å². The second-order valence-electron chi connectivity index (χ2n) is 4.64. The Hall–Kier alpha value is -1.95. The minimum atomic E-state index is 0.405. The molecule has 0 spiro atoms. The number of hydrogen-bond acceptors (Lipinski definition) is 5. The van der Waals surface area contributed by atoms with E-state index in [1.54, 1.807) is 11.8 Å². The number of aromatic nitrogens is 4. The zero-order chi connectivity index (χ0) is 13.7. The zero-order valence-electron chi connectivity index (χ0n) is 11.5. The van der Waals surface area contributed by atoms with Gasteiger partial charge in [-0.25, -0.2) is 4.68 Å². The lowest BCUT2D eigenvalue weighted by Gasteiger charge is -2.09. The van der Waals surface area contributed by atoms with Crippen molar-refractivity contribution in [2.75, 3.05) is 7.11 Å². The fraction of sp³-hybridized carbons (Fsp3) is 0.462. The Bertz CT molecular complexity index is 523. The van der Waals surface area contributed by atoms with Gasteiger partial charge in [0, 0.05) is 6.04 Å². The predicted octanol–water partition coefficient (Wildman–Crippen LogP) is 1.23. The number of tetrazole rings is 1. The van der Waals surface area contributed by atoms with Crippen LogP contribution in [0.1, 0.15) is 25.2 Å². The summed E-state index contributed by atoms with van der Waals surface area (Å²) >= 11 is 0. The first-order valence-corrected chi connectivity index (χ1v) is 6.30. The average Bonchev–Trinajstić information content (AvgIpc) is 2.84. The van der Waals surface area contributed by atoms with E-state index < -0.39 is 0 Å². The highest BCUT2D eigenvalue weighted by Crippen LogP contribution is 2.13. The maximum atomic E-state index is 5.21. The Morgan fingerprint density at radius 3 is 2.95 bits per heavy atom. The number of rotatable bonds is 6. The first-order chi connectivity index (χ1) is 9.19. The number of nitrogens with one attached hydrogen (secondary N) is 1. The van der Waals surface area contributed by atoms with Crippen molar-refractivity contribution in [3.05, 3.63) is 35.7 Å². The van der Waals surface area contributed by atoms with Crippen LogP contribution in [0.15, 0.2) is 24.3 Å². The van der Waals surface area contributed by atoms with Gasteiger partial charge in [-0.1, -0.05) is 26.0 Å². The van der Waals surface area contributed by atoms with E-state index in [2.05, 4.69) is 34.7 Å². The highest BCUT2D eigenvalue weighted by molar-refractivity contribution is 5.28. The molecule has 6 nitrogen and oxygen atoms in total. The first-order valence-electron chi connectivity index (χ1n) is 6.30. The van der Waals surface area contributed by atoms with Gasteiger partial charge in [0.25, 0.3) is 0 Å². The van der Waals surface area contributed by atoms with Gasteiger partial charge >= 0.3 is 0 Å². The Labute approximate surface area is 112 Å². The van der Waals surface area contributed by atoms with Gasteiger partial charge in [-0.05, 0) is 28.1 Å². The fourth-order valence-electron chi connectivity index (χ4n) is 1.71. The number of benzene rings is 1. The summed E-state index contributed by atoms with van der Waals surface area (Å²) in [5.74, 6) is 1.67. The Morgan fingerprint density at radius 1 is 1.37 bits per heavy atom. The van der Waals surface area contributed by atoms with Crippen molar-refractivity contribution in [2.24, 2.45) is 0 Å². The molecule has 2 aromatic rings. The standard InChI is InChI=1S/C13H19N5O/c1-10(2)14-8-13-15-16-17-18(13)9-11-5-4-6-12(7-11)19-3/h4-7,10,14H,8-9H2,1-3H3. The molecule has 1 aromatic heterocycles. The SMILES string of the molecule is COc1cccc(Cn2nnnc2CNC(C)C)c1. The lowest BCUT2D eigenvalue weighted by Crippen LogP contribution is -2.24. The van der Waals surface area contributed by atoms with E-state index in [0.717, 1.165) is 17.1 Å². The Balaban J connectivity index is 2.08. The van der Waals surface area contributed by atoms with Crippen molar-refractivity contribution < 1.29 is 4.74 Å². The molecule has 0 aliphatic carbocycles. The summed E-state index contributed by atoms with van der Waals surface area (Å²) in [5.41, 5.74) is 1.11. The van der Waals surface area contributed by atoms with Crippen molar-refractivity contribution >= 4 is 0 Å². The molecule has 0 unspecified atom stereocenters. The van der Waals surface area contributed by atoms with Crippen LogP contribution >= 0.6 is 0 Å². The molecule has 0 amide bonds. The normalized spacial score (nSPS) is 10.9. The van der Waals surface area contributed by atoms with E-state index in [-0.39, 0.29) is 0 Å². The molecule has 1 aromatic carbocycles. The molecule has 0 aliphatic heterocycles. The summed E-state index contributed by atoms with van der Waals surface area (Å²) in [6.45, 7) is 5.49. The van der Waals surface area contributed by atoms with Crippen LogP contribution in [0.2, 0.25) is 0 Å². The molecular weight excluding hydrogens is 242 g/mol. The highest BCUT2D eigenvalue weighted by Gasteiger charge is 2.07. The summed E-state index contributed by atoms with van der Waals surface area (Å²) in [4.78, 5) is 0.